The van der Waals surface area contributed by atoms with E-state index < -0.39 is 12.1 Å². The van der Waals surface area contributed by atoms with Crippen molar-refractivity contribution in [2.75, 3.05) is 28.4 Å². The first-order valence-electron chi connectivity index (χ1n) is 5.91. The number of ether oxygens (including phenoxy) is 5. The molecule has 0 spiro atoms. The molecule has 2 rings (SSSR count). The van der Waals surface area contributed by atoms with E-state index in [9.17, 15) is 4.79 Å². The van der Waals surface area contributed by atoms with E-state index in [0.29, 0.717) is 22.8 Å². The average Bonchev–Trinajstić information content (AvgIpc) is 2.81. The summed E-state index contributed by atoms with van der Waals surface area (Å²) < 4.78 is 26.2. The van der Waals surface area contributed by atoms with Gasteiger partial charge in [-0.2, -0.15) is 0 Å². The lowest BCUT2D eigenvalue weighted by molar-refractivity contribution is -0.143. The van der Waals surface area contributed by atoms with Crippen LogP contribution >= 0.6 is 0 Å². The summed E-state index contributed by atoms with van der Waals surface area (Å²) in [5.41, 5.74) is 0.578. The Labute approximate surface area is 116 Å². The van der Waals surface area contributed by atoms with Gasteiger partial charge in [-0.05, 0) is 12.1 Å². The number of esters is 1. The zero-order chi connectivity index (χ0) is 14.7. The van der Waals surface area contributed by atoms with Crippen molar-refractivity contribution in [2.45, 2.75) is 6.10 Å². The van der Waals surface area contributed by atoms with Crippen LogP contribution in [0, 0.1) is 0 Å². The number of hydrogen-bond acceptors (Lipinski definition) is 6. The summed E-state index contributed by atoms with van der Waals surface area (Å²) in [7, 11) is 5.90. The molecule has 20 heavy (non-hydrogen) atoms. The van der Waals surface area contributed by atoms with Crippen molar-refractivity contribution < 1.29 is 28.5 Å². The molecule has 1 aromatic rings. The summed E-state index contributed by atoms with van der Waals surface area (Å²) in [5, 5.41) is 0. The van der Waals surface area contributed by atoms with E-state index in [0.717, 1.165) is 0 Å². The van der Waals surface area contributed by atoms with Gasteiger partial charge in [-0.3, -0.25) is 0 Å². The molecule has 1 unspecified atom stereocenters. The normalized spacial score (nSPS) is 17.8. The topological polar surface area (TPSA) is 63.2 Å². The summed E-state index contributed by atoms with van der Waals surface area (Å²) in [6, 6.07) is 5.29. The minimum atomic E-state index is -0.756. The highest BCUT2D eigenvalue weighted by molar-refractivity contribution is 5.90. The van der Waals surface area contributed by atoms with Gasteiger partial charge in [0.25, 0.3) is 0 Å². The largest absolute Gasteiger partial charge is 0.496 e. The highest BCUT2D eigenvalue weighted by atomic mass is 16.6. The molecule has 1 aliphatic rings. The van der Waals surface area contributed by atoms with Gasteiger partial charge in [-0.1, -0.05) is 6.07 Å². The van der Waals surface area contributed by atoms with Crippen molar-refractivity contribution in [1.82, 2.24) is 0 Å². The van der Waals surface area contributed by atoms with Gasteiger partial charge in [0.15, 0.2) is 11.9 Å². The van der Waals surface area contributed by atoms with Gasteiger partial charge < -0.3 is 23.7 Å². The van der Waals surface area contributed by atoms with Crippen molar-refractivity contribution in [1.29, 1.82) is 0 Å². The van der Waals surface area contributed by atoms with E-state index in [1.54, 1.807) is 18.2 Å². The summed E-state index contributed by atoms with van der Waals surface area (Å²) in [6.45, 7) is 0. The van der Waals surface area contributed by atoms with E-state index in [2.05, 4.69) is 0 Å². The Morgan fingerprint density at radius 2 is 1.55 bits per heavy atom. The number of benzene rings is 1. The van der Waals surface area contributed by atoms with Crippen molar-refractivity contribution in [3.05, 3.63) is 35.3 Å². The van der Waals surface area contributed by atoms with Gasteiger partial charge in [0.2, 0.25) is 5.76 Å². The number of rotatable bonds is 5. The van der Waals surface area contributed by atoms with Crippen LogP contribution in [0.3, 0.4) is 0 Å². The van der Waals surface area contributed by atoms with E-state index in [1.165, 1.54) is 28.4 Å². The number of carbonyl (C=O) groups is 1. The Kier molecular flexibility index (Phi) is 4.02. The average molecular weight is 280 g/mol. The predicted molar refractivity (Wildman–Crippen MR) is 69.4 cm³/mol. The fraction of sp³-hybridized carbons (Fsp3) is 0.357. The third-order valence-corrected chi connectivity index (χ3v) is 3.02. The molecule has 0 aromatic heterocycles. The summed E-state index contributed by atoms with van der Waals surface area (Å²) in [6.07, 6.45) is -0.756. The van der Waals surface area contributed by atoms with Crippen LogP contribution in [0.2, 0.25) is 0 Å². The van der Waals surface area contributed by atoms with Crippen LogP contribution in [0.25, 0.3) is 0 Å². The second-order valence-electron chi connectivity index (χ2n) is 3.96. The van der Waals surface area contributed by atoms with Crippen LogP contribution in [0.15, 0.2) is 29.7 Å². The van der Waals surface area contributed by atoms with E-state index >= 15 is 0 Å². The van der Waals surface area contributed by atoms with Crippen LogP contribution in [-0.2, 0) is 19.0 Å². The fourth-order valence-electron chi connectivity index (χ4n) is 2.15. The highest BCUT2D eigenvalue weighted by Gasteiger charge is 2.41. The summed E-state index contributed by atoms with van der Waals surface area (Å²) in [5.74, 6) is 0.830. The lowest BCUT2D eigenvalue weighted by Crippen LogP contribution is -2.08. The molecular weight excluding hydrogens is 264 g/mol. The molecule has 1 heterocycles. The number of hydrogen-bond donors (Lipinski definition) is 0. The van der Waals surface area contributed by atoms with Gasteiger partial charge in [0, 0.05) is 0 Å². The molecule has 0 radical (unpaired) electrons. The van der Waals surface area contributed by atoms with E-state index in [4.69, 9.17) is 23.7 Å². The Bertz CT molecular complexity index is 526. The highest BCUT2D eigenvalue weighted by Crippen LogP contribution is 2.44. The smallest absolute Gasteiger partial charge is 0.378 e. The Hall–Kier alpha value is -2.37. The third-order valence-electron chi connectivity index (χ3n) is 3.02. The number of carbonyl (C=O) groups excluding carboxylic acids is 1. The molecule has 1 atom stereocenters. The zero-order valence-corrected chi connectivity index (χ0v) is 11.8. The van der Waals surface area contributed by atoms with E-state index in [-0.39, 0.29) is 5.76 Å². The van der Waals surface area contributed by atoms with Crippen molar-refractivity contribution in [3.8, 4) is 11.5 Å². The maximum absolute atomic E-state index is 11.8. The molecule has 6 heteroatoms. The van der Waals surface area contributed by atoms with Crippen LogP contribution < -0.4 is 9.47 Å². The Morgan fingerprint density at radius 1 is 0.950 bits per heavy atom. The molecule has 1 aromatic carbocycles. The first-order chi connectivity index (χ1) is 9.67. The SMILES string of the molecule is COC1=C(OC)C(c2c(OC)cccc2OC)OC1=O. The molecule has 0 saturated heterocycles. The summed E-state index contributed by atoms with van der Waals surface area (Å²) >= 11 is 0. The number of cyclic esters (lactones) is 1. The number of methoxy groups -OCH3 is 4. The van der Waals surface area contributed by atoms with Crippen LogP contribution in [0.1, 0.15) is 11.7 Å². The Balaban J connectivity index is 2.57. The van der Waals surface area contributed by atoms with Crippen molar-refractivity contribution in [3.63, 3.8) is 0 Å². The third kappa shape index (κ3) is 2.13. The fourth-order valence-corrected chi connectivity index (χ4v) is 2.15. The molecular formula is C14H16O6. The maximum atomic E-state index is 11.8. The molecule has 0 amide bonds. The second-order valence-corrected chi connectivity index (χ2v) is 3.96. The van der Waals surface area contributed by atoms with Crippen molar-refractivity contribution >= 4 is 5.97 Å². The van der Waals surface area contributed by atoms with Crippen molar-refractivity contribution in [2.24, 2.45) is 0 Å². The van der Waals surface area contributed by atoms with Gasteiger partial charge in [-0.15, -0.1) is 0 Å². The molecule has 0 fully saturated rings. The van der Waals surface area contributed by atoms with Crippen LogP contribution in [-0.4, -0.2) is 34.4 Å². The zero-order valence-electron chi connectivity index (χ0n) is 11.8. The Morgan fingerprint density at radius 3 is 2.00 bits per heavy atom. The molecule has 0 saturated carbocycles. The monoisotopic (exact) mass is 280 g/mol. The van der Waals surface area contributed by atoms with Crippen LogP contribution in [0.5, 0.6) is 11.5 Å². The molecule has 0 bridgehead atoms. The molecule has 108 valence electrons. The molecule has 0 aliphatic carbocycles. The standard InChI is InChI=1S/C14H16O6/c1-16-8-6-5-7-9(17-2)10(8)11-12(18-3)13(19-4)14(15)20-11/h5-7,11H,1-4H3. The van der Waals surface area contributed by atoms with Gasteiger partial charge >= 0.3 is 5.97 Å². The van der Waals surface area contributed by atoms with Gasteiger partial charge in [0.05, 0.1) is 34.0 Å². The second kappa shape index (κ2) is 5.73. The lowest BCUT2D eigenvalue weighted by atomic mass is 10.1. The van der Waals surface area contributed by atoms with Gasteiger partial charge in [-0.25, -0.2) is 4.79 Å². The molecule has 6 nitrogen and oxygen atoms in total. The first-order valence-corrected chi connectivity index (χ1v) is 5.91. The predicted octanol–water partition coefficient (Wildman–Crippen LogP) is 1.81. The minimum absolute atomic E-state index is 0.0467. The lowest BCUT2D eigenvalue weighted by Gasteiger charge is -2.18. The summed E-state index contributed by atoms with van der Waals surface area (Å²) in [4.78, 5) is 11.8. The van der Waals surface area contributed by atoms with Gasteiger partial charge in [0.1, 0.15) is 11.5 Å². The minimum Gasteiger partial charge on any atom is -0.496 e. The van der Waals surface area contributed by atoms with Crippen LogP contribution in [0.4, 0.5) is 0 Å². The quantitative estimate of drug-likeness (QED) is 0.766. The first kappa shape index (κ1) is 14.0. The molecule has 0 N–H and O–H groups in total. The molecule has 1 aliphatic heterocycles. The maximum Gasteiger partial charge on any atom is 0.378 e. The van der Waals surface area contributed by atoms with E-state index in [1.807, 2.05) is 0 Å².